The Balaban J connectivity index is 1.23. The molecule has 9 heteroatoms. The number of thiophene rings is 1. The van der Waals surface area contributed by atoms with Crippen LogP contribution in [0.4, 0.5) is 0 Å². The van der Waals surface area contributed by atoms with Gasteiger partial charge in [0, 0.05) is 50.9 Å². The molecule has 0 bridgehead atoms. The number of H-pyrrole nitrogens is 2. The molecule has 0 radical (unpaired) electrons. The van der Waals surface area contributed by atoms with E-state index in [9.17, 15) is 4.79 Å². The predicted octanol–water partition coefficient (Wildman–Crippen LogP) is 7.07. The van der Waals surface area contributed by atoms with Gasteiger partial charge in [-0.15, -0.1) is 11.3 Å². The molecule has 1 aromatic carbocycles. The number of ether oxygens (including phenoxy) is 1. The Labute approximate surface area is 232 Å². The summed E-state index contributed by atoms with van der Waals surface area (Å²) in [5.74, 6) is 0.743. The third-order valence-corrected chi connectivity index (χ3v) is 7.96. The third kappa shape index (κ3) is 4.42. The summed E-state index contributed by atoms with van der Waals surface area (Å²) in [6, 6.07) is 20.0. The van der Waals surface area contributed by atoms with Crippen molar-refractivity contribution in [2.75, 3.05) is 0 Å². The first-order valence-electron chi connectivity index (χ1n) is 12.7. The molecule has 0 unspecified atom stereocenters. The highest BCUT2D eigenvalue weighted by atomic mass is 32.1. The molecule has 0 fully saturated rings. The summed E-state index contributed by atoms with van der Waals surface area (Å²) in [5, 5.41) is 9.48. The molecule has 7 aromatic rings. The zero-order valence-corrected chi connectivity index (χ0v) is 22.2. The van der Waals surface area contributed by atoms with Crippen LogP contribution in [0.15, 0.2) is 91.6 Å². The summed E-state index contributed by atoms with van der Waals surface area (Å²) in [7, 11) is 0. The van der Waals surface area contributed by atoms with Gasteiger partial charge in [0.15, 0.2) is 11.4 Å². The molecule has 0 amide bonds. The number of rotatable bonds is 7. The summed E-state index contributed by atoms with van der Waals surface area (Å²) >= 11 is 1.47. The lowest BCUT2D eigenvalue weighted by Crippen LogP contribution is -1.96. The van der Waals surface area contributed by atoms with Crippen molar-refractivity contribution in [3.63, 3.8) is 0 Å². The molecule has 194 valence electrons. The van der Waals surface area contributed by atoms with Crippen molar-refractivity contribution in [2.45, 2.75) is 13.5 Å². The number of carbonyl (C=O) groups is 1. The number of carbonyl (C=O) groups excluding carboxylic acids is 1. The van der Waals surface area contributed by atoms with Crippen LogP contribution in [0.2, 0.25) is 0 Å². The van der Waals surface area contributed by atoms with Crippen LogP contribution >= 0.6 is 11.3 Å². The van der Waals surface area contributed by atoms with Gasteiger partial charge in [0.05, 0.1) is 34.2 Å². The van der Waals surface area contributed by atoms with Crippen LogP contribution in [0.25, 0.3) is 54.9 Å². The maximum absolute atomic E-state index is 11.8. The zero-order chi connectivity index (χ0) is 27.1. The van der Waals surface area contributed by atoms with E-state index in [1.165, 1.54) is 11.3 Å². The van der Waals surface area contributed by atoms with E-state index in [0.717, 1.165) is 59.7 Å². The lowest BCUT2D eigenvalue weighted by Gasteiger charge is -2.08. The van der Waals surface area contributed by atoms with E-state index >= 15 is 0 Å². The second-order valence-corrected chi connectivity index (χ2v) is 10.5. The number of aromatic nitrogens is 6. The van der Waals surface area contributed by atoms with E-state index in [4.69, 9.17) is 4.74 Å². The lowest BCUT2D eigenvalue weighted by atomic mass is 10.1. The number of pyridine rings is 3. The normalized spacial score (nSPS) is 11.3. The molecular weight excluding hydrogens is 520 g/mol. The Morgan fingerprint density at radius 2 is 1.75 bits per heavy atom. The van der Waals surface area contributed by atoms with Crippen molar-refractivity contribution in [3.8, 4) is 38.7 Å². The molecule has 0 aliphatic heterocycles. The van der Waals surface area contributed by atoms with Crippen LogP contribution in [-0.4, -0.2) is 35.9 Å². The molecule has 8 nitrogen and oxygen atoms in total. The van der Waals surface area contributed by atoms with Crippen molar-refractivity contribution in [2.24, 2.45) is 0 Å². The maximum atomic E-state index is 11.8. The molecule has 0 aliphatic carbocycles. The molecular formula is C31H22N6O2S. The first kappa shape index (κ1) is 23.9. The molecule has 6 heterocycles. The van der Waals surface area contributed by atoms with Gasteiger partial charge in [-0.05, 0) is 42.8 Å². The lowest BCUT2D eigenvalue weighted by molar-refractivity contribution is 0.102. The molecule has 0 spiro atoms. The average Bonchev–Trinajstić information content (AvgIpc) is 3.74. The van der Waals surface area contributed by atoms with Crippen LogP contribution in [-0.2, 0) is 6.61 Å². The van der Waals surface area contributed by atoms with E-state index in [1.807, 2.05) is 54.7 Å². The molecule has 0 aliphatic rings. The number of benzene rings is 1. The van der Waals surface area contributed by atoms with Crippen LogP contribution < -0.4 is 4.74 Å². The van der Waals surface area contributed by atoms with Crippen molar-refractivity contribution in [1.29, 1.82) is 0 Å². The predicted molar refractivity (Wildman–Crippen MR) is 156 cm³/mol. The topological polar surface area (TPSA) is 109 Å². The largest absolute Gasteiger partial charge is 0.487 e. The van der Waals surface area contributed by atoms with E-state index in [1.54, 1.807) is 31.7 Å². The first-order valence-corrected chi connectivity index (χ1v) is 13.5. The molecule has 2 N–H and O–H groups in total. The summed E-state index contributed by atoms with van der Waals surface area (Å²) < 4.78 is 5.99. The highest BCUT2D eigenvalue weighted by molar-refractivity contribution is 7.17. The monoisotopic (exact) mass is 542 g/mol. The number of hydrogen-bond acceptors (Lipinski definition) is 7. The minimum Gasteiger partial charge on any atom is -0.487 e. The quantitative estimate of drug-likeness (QED) is 0.208. The number of nitrogens with one attached hydrogen (secondary N) is 2. The van der Waals surface area contributed by atoms with Crippen LogP contribution in [0.5, 0.6) is 5.75 Å². The smallest absolute Gasteiger partial charge is 0.181 e. The van der Waals surface area contributed by atoms with Crippen molar-refractivity contribution >= 4 is 39.1 Å². The van der Waals surface area contributed by atoms with E-state index in [-0.39, 0.29) is 5.78 Å². The minimum atomic E-state index is 0.0573. The highest BCUT2D eigenvalue weighted by Crippen LogP contribution is 2.37. The van der Waals surface area contributed by atoms with Crippen molar-refractivity contribution < 1.29 is 9.53 Å². The number of nitrogens with zero attached hydrogens (tertiary/aromatic N) is 4. The number of Topliss-reactive ketones (excluding diaryl/α,β-unsaturated/α-hetero) is 1. The van der Waals surface area contributed by atoms with Gasteiger partial charge in [-0.2, -0.15) is 5.10 Å². The second-order valence-electron chi connectivity index (χ2n) is 9.43. The van der Waals surface area contributed by atoms with Crippen LogP contribution in [0, 0.1) is 0 Å². The fraction of sp³-hybridized carbons (Fsp3) is 0.0645. The molecule has 0 saturated heterocycles. The summed E-state index contributed by atoms with van der Waals surface area (Å²) in [5.41, 5.74) is 7.07. The van der Waals surface area contributed by atoms with Crippen LogP contribution in [0.3, 0.4) is 0 Å². The van der Waals surface area contributed by atoms with Crippen molar-refractivity contribution in [3.05, 3.63) is 102 Å². The van der Waals surface area contributed by atoms with Gasteiger partial charge in [-0.3, -0.25) is 19.9 Å². The third-order valence-electron chi connectivity index (χ3n) is 6.74. The molecule has 0 saturated carbocycles. The van der Waals surface area contributed by atoms with Gasteiger partial charge in [0.25, 0.3) is 0 Å². The molecule has 7 rings (SSSR count). The summed E-state index contributed by atoms with van der Waals surface area (Å²) in [6.07, 6.45) is 8.94. The van der Waals surface area contributed by atoms with Gasteiger partial charge in [-0.1, -0.05) is 30.3 Å². The summed E-state index contributed by atoms with van der Waals surface area (Å²) in [6.45, 7) is 2.05. The molecule has 6 aromatic heterocycles. The average molecular weight is 543 g/mol. The standard InChI is InChI=1S/C31H22N6O2S/c1-18(38)28-7-8-29(40-28)25-15-33-16-27-23(25)11-26(35-27)30-24-10-21(13-34-31(24)37-36-30)20-9-22(14-32-12-20)39-17-19-5-3-2-4-6-19/h2-16,35H,17H2,1H3,(H,34,36,37). The van der Waals surface area contributed by atoms with Gasteiger partial charge < -0.3 is 9.72 Å². The molecule has 0 atom stereocenters. The van der Waals surface area contributed by atoms with E-state index < -0.39 is 0 Å². The maximum Gasteiger partial charge on any atom is 0.181 e. The SMILES string of the molecule is CC(=O)c1ccc(-c2cncc3[nH]c(-c4[nH]nc5ncc(-c6cncc(OCc7ccccc7)c6)cc45)cc23)s1. The Bertz CT molecular complexity index is 2010. The number of hydrogen-bond donors (Lipinski definition) is 2. The fourth-order valence-corrected chi connectivity index (χ4v) is 5.64. The minimum absolute atomic E-state index is 0.0573. The van der Waals surface area contributed by atoms with Gasteiger partial charge in [0.1, 0.15) is 12.4 Å². The van der Waals surface area contributed by atoms with E-state index in [2.05, 4.69) is 42.3 Å². The number of fused-ring (bicyclic) bond motifs is 2. The zero-order valence-electron chi connectivity index (χ0n) is 21.4. The van der Waals surface area contributed by atoms with Gasteiger partial charge in [-0.25, -0.2) is 4.98 Å². The number of ketones is 1. The highest BCUT2D eigenvalue weighted by Gasteiger charge is 2.16. The van der Waals surface area contributed by atoms with Gasteiger partial charge >= 0.3 is 0 Å². The van der Waals surface area contributed by atoms with E-state index in [0.29, 0.717) is 18.0 Å². The first-order chi connectivity index (χ1) is 19.6. The fourth-order valence-electron chi connectivity index (χ4n) is 4.71. The Morgan fingerprint density at radius 3 is 2.60 bits per heavy atom. The number of aromatic amines is 2. The Hall–Kier alpha value is -5.15. The summed E-state index contributed by atoms with van der Waals surface area (Å²) in [4.78, 5) is 30.5. The Morgan fingerprint density at radius 1 is 0.900 bits per heavy atom. The van der Waals surface area contributed by atoms with Gasteiger partial charge in [0.2, 0.25) is 0 Å². The van der Waals surface area contributed by atoms with Crippen LogP contribution in [0.1, 0.15) is 22.2 Å². The van der Waals surface area contributed by atoms with Crippen molar-refractivity contribution in [1.82, 2.24) is 30.1 Å². The second kappa shape index (κ2) is 9.87. The Kier molecular flexibility index (Phi) is 5.90. The molecule has 40 heavy (non-hydrogen) atoms.